The van der Waals surface area contributed by atoms with Gasteiger partial charge in [-0.15, -0.1) is 0 Å². The van der Waals surface area contributed by atoms with Gasteiger partial charge >= 0.3 is 5.51 Å². The fourth-order valence-corrected chi connectivity index (χ4v) is 3.39. The topological polar surface area (TPSA) is 54.5 Å². The molecule has 1 aliphatic rings. The number of piperidine rings is 1. The zero-order valence-electron chi connectivity index (χ0n) is 11.0. The number of alkyl halides is 3. The van der Waals surface area contributed by atoms with E-state index in [9.17, 15) is 26.4 Å². The van der Waals surface area contributed by atoms with Gasteiger partial charge in [0.1, 0.15) is 6.29 Å². The molecule has 4 nitrogen and oxygen atoms in total. The summed E-state index contributed by atoms with van der Waals surface area (Å²) in [6.07, 6.45) is 2.05. The van der Waals surface area contributed by atoms with Crippen molar-refractivity contribution in [2.24, 2.45) is 5.92 Å². The van der Waals surface area contributed by atoms with E-state index in [1.807, 2.05) is 0 Å². The Morgan fingerprint density at radius 3 is 2.52 bits per heavy atom. The molecule has 1 fully saturated rings. The standard InChI is InChI=1S/C13H14F3NO3S/c14-13(15,16)21(19,20)12-6-2-1-5-11(12)17-7-3-4-10(8-17)9-18/h1-2,5-6,9-10H,3-4,7-8H2. The molecule has 1 saturated heterocycles. The maximum atomic E-state index is 12.7. The number of hydrogen-bond donors (Lipinski definition) is 0. The maximum Gasteiger partial charge on any atom is 0.501 e. The van der Waals surface area contributed by atoms with Crippen LogP contribution in [0, 0.1) is 5.92 Å². The summed E-state index contributed by atoms with van der Waals surface area (Å²) in [4.78, 5) is 11.6. The Morgan fingerprint density at radius 1 is 1.24 bits per heavy atom. The second-order valence-electron chi connectivity index (χ2n) is 4.90. The van der Waals surface area contributed by atoms with Gasteiger partial charge in [0.2, 0.25) is 0 Å². The van der Waals surface area contributed by atoms with E-state index >= 15 is 0 Å². The Balaban J connectivity index is 2.45. The number of carbonyl (C=O) groups excluding carboxylic acids is 1. The molecule has 0 saturated carbocycles. The van der Waals surface area contributed by atoms with Crippen LogP contribution in [0.25, 0.3) is 0 Å². The Labute approximate surface area is 120 Å². The molecule has 8 heteroatoms. The molecule has 0 aromatic heterocycles. The van der Waals surface area contributed by atoms with Gasteiger partial charge in [-0.05, 0) is 25.0 Å². The molecule has 1 aromatic carbocycles. The summed E-state index contributed by atoms with van der Waals surface area (Å²) in [5.41, 5.74) is -5.34. The van der Waals surface area contributed by atoms with E-state index in [-0.39, 0.29) is 18.2 Å². The number of rotatable bonds is 3. The Morgan fingerprint density at radius 2 is 1.90 bits per heavy atom. The lowest BCUT2D eigenvalue weighted by Gasteiger charge is -2.33. The lowest BCUT2D eigenvalue weighted by molar-refractivity contribution is -0.111. The first kappa shape index (κ1) is 15.8. The quantitative estimate of drug-likeness (QED) is 0.802. The first-order chi connectivity index (χ1) is 9.77. The van der Waals surface area contributed by atoms with Crippen LogP contribution < -0.4 is 4.90 Å². The van der Waals surface area contributed by atoms with E-state index in [1.54, 1.807) is 0 Å². The maximum absolute atomic E-state index is 12.7. The van der Waals surface area contributed by atoms with Crippen LogP contribution in [-0.4, -0.2) is 33.3 Å². The van der Waals surface area contributed by atoms with E-state index in [4.69, 9.17) is 0 Å². The minimum atomic E-state index is -5.41. The summed E-state index contributed by atoms with van der Waals surface area (Å²) in [7, 11) is -5.41. The summed E-state index contributed by atoms with van der Waals surface area (Å²) in [5, 5.41) is 0. The molecule has 1 atom stereocenters. The zero-order valence-corrected chi connectivity index (χ0v) is 11.8. The summed E-state index contributed by atoms with van der Waals surface area (Å²) in [6, 6.07) is 5.02. The third-order valence-corrected chi connectivity index (χ3v) is 4.98. The Hall–Kier alpha value is -1.57. The molecule has 0 bridgehead atoms. The fourth-order valence-electron chi connectivity index (χ4n) is 2.41. The summed E-state index contributed by atoms with van der Waals surface area (Å²) < 4.78 is 61.5. The molecule has 1 aromatic rings. The smallest absolute Gasteiger partial charge is 0.370 e. The van der Waals surface area contributed by atoms with Crippen molar-refractivity contribution in [1.29, 1.82) is 0 Å². The molecule has 116 valence electrons. The van der Waals surface area contributed by atoms with E-state index < -0.39 is 20.2 Å². The van der Waals surface area contributed by atoms with Gasteiger partial charge in [-0.25, -0.2) is 8.42 Å². The highest BCUT2D eigenvalue weighted by molar-refractivity contribution is 7.92. The number of sulfone groups is 1. The van der Waals surface area contributed by atoms with Crippen LogP contribution in [0.2, 0.25) is 0 Å². The van der Waals surface area contributed by atoms with Crippen LogP contribution >= 0.6 is 0 Å². The Kier molecular flexibility index (Phi) is 4.27. The number of hydrogen-bond acceptors (Lipinski definition) is 4. The van der Waals surface area contributed by atoms with Crippen molar-refractivity contribution in [3.8, 4) is 0 Å². The molecule has 0 N–H and O–H groups in total. The number of halogens is 3. The first-order valence-corrected chi connectivity index (χ1v) is 7.86. The average molecular weight is 321 g/mol. The molecule has 0 radical (unpaired) electrons. The molecule has 1 aliphatic heterocycles. The third kappa shape index (κ3) is 3.04. The lowest BCUT2D eigenvalue weighted by Crippen LogP contribution is -2.37. The minimum absolute atomic E-state index is 0.00127. The van der Waals surface area contributed by atoms with E-state index in [0.29, 0.717) is 19.4 Å². The fraction of sp³-hybridized carbons (Fsp3) is 0.462. The summed E-state index contributed by atoms with van der Waals surface area (Å²) in [5.74, 6) is -0.291. The highest BCUT2D eigenvalue weighted by atomic mass is 32.2. The van der Waals surface area contributed by atoms with Crippen molar-refractivity contribution in [2.45, 2.75) is 23.2 Å². The van der Waals surface area contributed by atoms with Crippen LogP contribution in [0.5, 0.6) is 0 Å². The van der Waals surface area contributed by atoms with Gasteiger partial charge in [-0.2, -0.15) is 13.2 Å². The minimum Gasteiger partial charge on any atom is -0.370 e. The Bertz CT molecular complexity index is 628. The molecule has 0 amide bonds. The van der Waals surface area contributed by atoms with Crippen LogP contribution in [0.4, 0.5) is 18.9 Å². The summed E-state index contributed by atoms with van der Waals surface area (Å²) >= 11 is 0. The van der Waals surface area contributed by atoms with Gasteiger partial charge in [-0.1, -0.05) is 12.1 Å². The zero-order chi connectivity index (χ0) is 15.7. The second kappa shape index (κ2) is 5.67. The van der Waals surface area contributed by atoms with Crippen LogP contribution in [0.15, 0.2) is 29.2 Å². The highest BCUT2D eigenvalue weighted by Crippen LogP contribution is 2.36. The summed E-state index contributed by atoms with van der Waals surface area (Å²) in [6.45, 7) is 0.655. The lowest BCUT2D eigenvalue weighted by atomic mass is 9.99. The number of aldehydes is 1. The average Bonchev–Trinajstić information content (AvgIpc) is 2.46. The normalized spacial score (nSPS) is 20.3. The first-order valence-electron chi connectivity index (χ1n) is 6.38. The van der Waals surface area contributed by atoms with Gasteiger partial charge in [0.25, 0.3) is 9.84 Å². The van der Waals surface area contributed by atoms with Crippen LogP contribution in [0.1, 0.15) is 12.8 Å². The van der Waals surface area contributed by atoms with Crippen molar-refractivity contribution in [1.82, 2.24) is 0 Å². The van der Waals surface area contributed by atoms with Gasteiger partial charge in [0, 0.05) is 19.0 Å². The molecular weight excluding hydrogens is 307 g/mol. The number of para-hydroxylation sites is 1. The van der Waals surface area contributed by atoms with Crippen LogP contribution in [-0.2, 0) is 14.6 Å². The number of nitrogens with zero attached hydrogens (tertiary/aromatic N) is 1. The number of benzene rings is 1. The van der Waals surface area contributed by atoms with E-state index in [2.05, 4.69) is 0 Å². The molecule has 0 spiro atoms. The van der Waals surface area contributed by atoms with Crippen molar-refractivity contribution in [2.75, 3.05) is 18.0 Å². The largest absolute Gasteiger partial charge is 0.501 e. The van der Waals surface area contributed by atoms with Gasteiger partial charge < -0.3 is 9.69 Å². The predicted octanol–water partition coefficient (Wildman–Crippen LogP) is 2.40. The van der Waals surface area contributed by atoms with Gasteiger partial charge in [-0.3, -0.25) is 0 Å². The highest BCUT2D eigenvalue weighted by Gasteiger charge is 2.48. The van der Waals surface area contributed by atoms with Crippen LogP contribution in [0.3, 0.4) is 0 Å². The molecule has 21 heavy (non-hydrogen) atoms. The molecular formula is C13H14F3NO3S. The monoisotopic (exact) mass is 321 g/mol. The molecule has 2 rings (SSSR count). The van der Waals surface area contributed by atoms with E-state index in [1.165, 1.54) is 23.1 Å². The molecule has 1 unspecified atom stereocenters. The number of carbonyl (C=O) groups is 1. The van der Waals surface area contributed by atoms with E-state index in [0.717, 1.165) is 12.4 Å². The van der Waals surface area contributed by atoms with Crippen molar-refractivity contribution >= 4 is 21.8 Å². The van der Waals surface area contributed by atoms with Crippen molar-refractivity contribution in [3.63, 3.8) is 0 Å². The van der Waals surface area contributed by atoms with Gasteiger partial charge in [0.15, 0.2) is 0 Å². The molecule has 0 aliphatic carbocycles. The van der Waals surface area contributed by atoms with Crippen molar-refractivity contribution in [3.05, 3.63) is 24.3 Å². The third-order valence-electron chi connectivity index (χ3n) is 3.45. The van der Waals surface area contributed by atoms with Gasteiger partial charge in [0.05, 0.1) is 10.6 Å². The number of anilines is 1. The SMILES string of the molecule is O=CC1CCCN(c2ccccc2S(=O)(=O)C(F)(F)F)C1. The second-order valence-corrected chi connectivity index (χ2v) is 6.81. The predicted molar refractivity (Wildman–Crippen MR) is 70.7 cm³/mol. The van der Waals surface area contributed by atoms with Crippen molar-refractivity contribution < 1.29 is 26.4 Å². The molecule has 1 heterocycles.